The van der Waals surface area contributed by atoms with Crippen molar-refractivity contribution in [1.29, 1.82) is 0 Å². The van der Waals surface area contributed by atoms with Crippen molar-refractivity contribution in [1.82, 2.24) is 10.3 Å². The number of carbonyl (C=O) groups excluding carboxylic acids is 2. The smallest absolute Gasteiger partial charge is 0.322 e. The summed E-state index contributed by atoms with van der Waals surface area (Å²) in [6.45, 7) is -0.345. The van der Waals surface area contributed by atoms with E-state index in [1.807, 2.05) is 0 Å². The van der Waals surface area contributed by atoms with Gasteiger partial charge in [0.15, 0.2) is 0 Å². The monoisotopic (exact) mass is 208 g/mol. The molecule has 0 aromatic carbocycles. The Kier molecular flexibility index (Phi) is 5.73. The van der Waals surface area contributed by atoms with Crippen LogP contribution in [0.3, 0.4) is 0 Å². The van der Waals surface area contributed by atoms with Crippen LogP contribution in [0.5, 0.6) is 0 Å². The number of nitroso groups, excluding NO2 is 1. The first-order valence-corrected chi connectivity index (χ1v) is 3.89. The molecule has 0 heterocycles. The number of nitrogens with two attached hydrogens (primary N) is 1. The summed E-state index contributed by atoms with van der Waals surface area (Å²) in [7, 11) is 0. The van der Waals surface area contributed by atoms with Crippen molar-refractivity contribution in [2.45, 2.75) is 0 Å². The number of urea groups is 1. The molecule has 0 spiro atoms. The van der Waals surface area contributed by atoms with E-state index in [-0.39, 0.29) is 19.0 Å². The number of nitrogens with one attached hydrogen (secondary N) is 1. The topological polar surface area (TPSA) is 105 Å². The number of nitrogens with zero attached hydrogens (tertiary/aromatic N) is 2. The molecule has 3 amide bonds. The molecule has 0 rings (SSSR count). The lowest BCUT2D eigenvalue weighted by Crippen LogP contribution is -2.45. The van der Waals surface area contributed by atoms with Crippen LogP contribution >= 0.6 is 11.6 Å². The molecule has 0 aliphatic rings. The third-order valence-electron chi connectivity index (χ3n) is 1.17. The standard InChI is InChI=1S/C5H9ClN4O3/c6-1-2-10(4(11)3-7)5(12)8-9-13/h1-3,7H2,(H,8,12,13). The van der Waals surface area contributed by atoms with E-state index in [1.165, 1.54) is 0 Å². The van der Waals surface area contributed by atoms with Gasteiger partial charge in [-0.25, -0.2) is 4.79 Å². The number of alkyl halides is 1. The van der Waals surface area contributed by atoms with Crippen molar-refractivity contribution >= 4 is 23.5 Å². The molecule has 7 nitrogen and oxygen atoms in total. The summed E-state index contributed by atoms with van der Waals surface area (Å²) < 4.78 is 0. The van der Waals surface area contributed by atoms with Crippen molar-refractivity contribution in [3.63, 3.8) is 0 Å². The quantitative estimate of drug-likeness (QED) is 0.366. The highest BCUT2D eigenvalue weighted by atomic mass is 35.5. The normalized spacial score (nSPS) is 9.08. The molecule has 0 unspecified atom stereocenters. The predicted octanol–water partition coefficient (Wildman–Crippen LogP) is -0.596. The zero-order valence-electron chi connectivity index (χ0n) is 6.70. The molecule has 0 atom stereocenters. The lowest BCUT2D eigenvalue weighted by atomic mass is 10.5. The highest BCUT2D eigenvalue weighted by Gasteiger charge is 2.19. The Morgan fingerprint density at radius 2 is 2.15 bits per heavy atom. The molecule has 0 bridgehead atoms. The van der Waals surface area contributed by atoms with Crippen LogP contribution in [0.4, 0.5) is 4.79 Å². The summed E-state index contributed by atoms with van der Waals surface area (Å²) in [5, 5.41) is 2.13. The third kappa shape index (κ3) is 3.81. The molecule has 13 heavy (non-hydrogen) atoms. The average molecular weight is 209 g/mol. The molecule has 0 aromatic rings. The van der Waals surface area contributed by atoms with Gasteiger partial charge < -0.3 is 5.73 Å². The van der Waals surface area contributed by atoms with Gasteiger partial charge in [0.1, 0.15) is 0 Å². The van der Waals surface area contributed by atoms with Gasteiger partial charge in [-0.1, -0.05) is 0 Å². The van der Waals surface area contributed by atoms with Crippen LogP contribution in [0.2, 0.25) is 0 Å². The highest BCUT2D eigenvalue weighted by Crippen LogP contribution is 1.92. The van der Waals surface area contributed by atoms with Crippen LogP contribution in [-0.4, -0.2) is 35.8 Å². The van der Waals surface area contributed by atoms with E-state index >= 15 is 0 Å². The summed E-state index contributed by atoms with van der Waals surface area (Å²) in [4.78, 5) is 32.2. The van der Waals surface area contributed by atoms with Crippen molar-refractivity contribution in [2.24, 2.45) is 11.0 Å². The molecular weight excluding hydrogens is 200 g/mol. The first kappa shape index (κ1) is 11.8. The Bertz CT molecular complexity index is 210. The van der Waals surface area contributed by atoms with Gasteiger partial charge in [0.05, 0.1) is 11.8 Å². The number of hydrogen-bond acceptors (Lipinski definition) is 5. The molecule has 0 aromatic heterocycles. The second-order valence-corrected chi connectivity index (χ2v) is 2.32. The lowest BCUT2D eigenvalue weighted by molar-refractivity contribution is -0.126. The highest BCUT2D eigenvalue weighted by molar-refractivity contribution is 6.18. The minimum Gasteiger partial charge on any atom is -0.322 e. The van der Waals surface area contributed by atoms with Crippen LogP contribution < -0.4 is 11.2 Å². The molecule has 0 radical (unpaired) electrons. The van der Waals surface area contributed by atoms with Gasteiger partial charge in [-0.2, -0.15) is 5.43 Å². The maximum Gasteiger partial charge on any atom is 0.347 e. The molecule has 74 valence electrons. The fourth-order valence-corrected chi connectivity index (χ4v) is 0.803. The van der Waals surface area contributed by atoms with Crippen molar-refractivity contribution in [2.75, 3.05) is 19.0 Å². The zero-order valence-corrected chi connectivity index (χ0v) is 7.45. The maximum absolute atomic E-state index is 11.0. The van der Waals surface area contributed by atoms with E-state index in [4.69, 9.17) is 17.3 Å². The molecule has 0 aliphatic heterocycles. The first-order valence-electron chi connectivity index (χ1n) is 3.36. The number of halogens is 1. The number of rotatable bonds is 4. The molecule has 0 fully saturated rings. The molecule has 8 heteroatoms. The number of amides is 3. The molecule has 3 N–H and O–H groups in total. The zero-order chi connectivity index (χ0) is 10.3. The minimum absolute atomic E-state index is 0.0149. The van der Waals surface area contributed by atoms with E-state index in [0.717, 1.165) is 0 Å². The van der Waals surface area contributed by atoms with E-state index in [1.54, 1.807) is 5.43 Å². The second kappa shape index (κ2) is 6.32. The van der Waals surface area contributed by atoms with Crippen molar-refractivity contribution in [3.8, 4) is 0 Å². The van der Waals surface area contributed by atoms with Crippen molar-refractivity contribution < 1.29 is 9.59 Å². The largest absolute Gasteiger partial charge is 0.347 e. The van der Waals surface area contributed by atoms with Gasteiger partial charge >= 0.3 is 6.03 Å². The third-order valence-corrected chi connectivity index (χ3v) is 1.34. The predicted molar refractivity (Wildman–Crippen MR) is 45.8 cm³/mol. The summed E-state index contributed by atoms with van der Waals surface area (Å²) in [6, 6.07) is -0.925. The Morgan fingerprint density at radius 3 is 2.54 bits per heavy atom. The average Bonchev–Trinajstić information content (AvgIpc) is 2.13. The number of imide groups is 1. The minimum atomic E-state index is -0.925. The lowest BCUT2D eigenvalue weighted by Gasteiger charge is -2.16. The van der Waals surface area contributed by atoms with E-state index in [0.29, 0.717) is 4.90 Å². The van der Waals surface area contributed by atoms with Crippen LogP contribution in [0.1, 0.15) is 0 Å². The SMILES string of the molecule is NCC(=O)N(CCCl)C(=O)NN=O. The fourth-order valence-electron chi connectivity index (χ4n) is 0.634. The number of hydrogen-bond donors (Lipinski definition) is 2. The fraction of sp³-hybridized carbons (Fsp3) is 0.600. The first-order chi connectivity index (χ1) is 6.17. The van der Waals surface area contributed by atoms with Crippen LogP contribution in [0.25, 0.3) is 0 Å². The second-order valence-electron chi connectivity index (χ2n) is 1.95. The van der Waals surface area contributed by atoms with Gasteiger partial charge in [0.25, 0.3) is 0 Å². The van der Waals surface area contributed by atoms with Gasteiger partial charge in [-0.3, -0.25) is 9.69 Å². The summed E-state index contributed by atoms with van der Waals surface area (Å²) in [5.41, 5.74) is 6.58. The summed E-state index contributed by atoms with van der Waals surface area (Å²) in [6.07, 6.45) is 0. The molecule has 0 saturated heterocycles. The Labute approximate surface area is 79.1 Å². The maximum atomic E-state index is 11.0. The van der Waals surface area contributed by atoms with Crippen LogP contribution in [0, 0.1) is 4.91 Å². The Hall–Kier alpha value is -1.21. The van der Waals surface area contributed by atoms with Crippen LogP contribution in [-0.2, 0) is 4.79 Å². The van der Waals surface area contributed by atoms with Crippen LogP contribution in [0.15, 0.2) is 5.29 Å². The van der Waals surface area contributed by atoms with Gasteiger partial charge in [0.2, 0.25) is 5.91 Å². The van der Waals surface area contributed by atoms with Gasteiger partial charge in [-0.05, 0) is 0 Å². The Balaban J connectivity index is 4.30. The van der Waals surface area contributed by atoms with Gasteiger partial charge in [-0.15, -0.1) is 16.5 Å². The summed E-state index contributed by atoms with van der Waals surface area (Å²) >= 11 is 5.32. The molecule has 0 saturated carbocycles. The van der Waals surface area contributed by atoms with E-state index in [9.17, 15) is 14.5 Å². The molecule has 0 aliphatic carbocycles. The van der Waals surface area contributed by atoms with Gasteiger partial charge in [0, 0.05) is 12.4 Å². The summed E-state index contributed by atoms with van der Waals surface area (Å²) in [5.74, 6) is -0.556. The van der Waals surface area contributed by atoms with E-state index < -0.39 is 11.9 Å². The number of carbonyl (C=O) groups is 2. The van der Waals surface area contributed by atoms with E-state index in [2.05, 4.69) is 5.29 Å². The molecular formula is C5H9ClN4O3. The van der Waals surface area contributed by atoms with Crippen molar-refractivity contribution in [3.05, 3.63) is 4.91 Å². The Morgan fingerprint density at radius 1 is 1.54 bits per heavy atom.